The maximum absolute atomic E-state index is 13.2. The van der Waals surface area contributed by atoms with Crippen LogP contribution in [0.3, 0.4) is 0 Å². The maximum Gasteiger partial charge on any atom is 0.417 e. The van der Waals surface area contributed by atoms with Gasteiger partial charge in [0.1, 0.15) is 5.60 Å². The molecule has 9 heteroatoms. The van der Waals surface area contributed by atoms with Gasteiger partial charge in [-0.1, -0.05) is 6.07 Å². The van der Waals surface area contributed by atoms with Gasteiger partial charge in [0.2, 0.25) is 11.7 Å². The number of ether oxygens (including phenoxy) is 4. The van der Waals surface area contributed by atoms with Gasteiger partial charge in [-0.25, -0.2) is 9.69 Å². The van der Waals surface area contributed by atoms with E-state index in [0.717, 1.165) is 16.0 Å². The summed E-state index contributed by atoms with van der Waals surface area (Å²) >= 11 is 1.33. The van der Waals surface area contributed by atoms with Gasteiger partial charge in [-0.3, -0.25) is 9.59 Å². The van der Waals surface area contributed by atoms with Gasteiger partial charge < -0.3 is 18.9 Å². The van der Waals surface area contributed by atoms with Crippen molar-refractivity contribution in [3.05, 3.63) is 45.6 Å². The lowest BCUT2D eigenvalue weighted by molar-refractivity contribution is -0.130. The molecule has 1 aliphatic rings. The Bertz CT molecular complexity index is 1240. The van der Waals surface area contributed by atoms with Crippen LogP contribution >= 0.6 is 11.8 Å². The summed E-state index contributed by atoms with van der Waals surface area (Å²) in [5.74, 6) is 0.887. The Morgan fingerprint density at radius 3 is 2.22 bits per heavy atom. The molecule has 36 heavy (non-hydrogen) atoms. The van der Waals surface area contributed by atoms with Crippen molar-refractivity contribution < 1.29 is 28.5 Å². The molecular weight excluding hydrogens is 482 g/mol. The van der Waals surface area contributed by atoms with Crippen LogP contribution in [0.2, 0.25) is 0 Å². The van der Waals surface area contributed by atoms with Gasteiger partial charge in [-0.2, -0.15) is 0 Å². The fourth-order valence-electron chi connectivity index (χ4n) is 4.50. The van der Waals surface area contributed by atoms with Gasteiger partial charge in [0.15, 0.2) is 16.9 Å². The SMILES string of the molecule is COc1cc2c(c(OC)c1OC)-c1ccc(SC)c(=O)cc1C(N(C(C)=O)C(=O)OC(C)(C)C)CC2. The number of carbonyl (C=O) groups excluding carboxylic acids is 2. The first-order valence-corrected chi connectivity index (χ1v) is 12.8. The largest absolute Gasteiger partial charge is 0.493 e. The normalized spacial score (nSPS) is 14.6. The summed E-state index contributed by atoms with van der Waals surface area (Å²) in [6.45, 7) is 6.54. The average Bonchev–Trinajstić information content (AvgIpc) is 3.05. The number of aryl methyl sites for hydroxylation is 1. The van der Waals surface area contributed by atoms with E-state index in [1.807, 2.05) is 18.4 Å². The first kappa shape index (κ1) is 27.4. The standard InChI is InChI=1S/C27H33NO7S/c1-15(29)28(26(31)35-27(2,3)4)19-11-9-16-13-21(32-5)24(33-6)25(34-7)23(16)17-10-12-22(36-8)20(30)14-18(17)19/h10,12-14,19H,9,11H2,1-8H3. The van der Waals surface area contributed by atoms with E-state index in [1.54, 1.807) is 33.9 Å². The molecule has 3 rings (SSSR count). The molecule has 0 fully saturated rings. The third-order valence-corrected chi connectivity index (χ3v) is 6.71. The first-order chi connectivity index (χ1) is 17.0. The Balaban J connectivity index is 2.40. The highest BCUT2D eigenvalue weighted by Gasteiger charge is 2.37. The van der Waals surface area contributed by atoms with Crippen LogP contribution in [0.1, 0.15) is 51.3 Å². The molecule has 0 heterocycles. The summed E-state index contributed by atoms with van der Waals surface area (Å²) in [6, 6.07) is 6.23. The number of fused-ring (bicyclic) bond motifs is 3. The summed E-state index contributed by atoms with van der Waals surface area (Å²) in [6.07, 6.45) is 1.91. The summed E-state index contributed by atoms with van der Waals surface area (Å²) in [5.41, 5.74) is 1.79. The lowest BCUT2D eigenvalue weighted by atomic mass is 9.95. The van der Waals surface area contributed by atoms with Crippen molar-refractivity contribution in [1.29, 1.82) is 0 Å². The molecular formula is C27H33NO7S. The first-order valence-electron chi connectivity index (χ1n) is 11.5. The zero-order valence-corrected chi connectivity index (χ0v) is 22.8. The Hall–Kier alpha value is -3.20. The van der Waals surface area contributed by atoms with Gasteiger partial charge in [0.25, 0.3) is 0 Å². The zero-order valence-electron chi connectivity index (χ0n) is 22.0. The fourth-order valence-corrected chi connectivity index (χ4v) is 4.97. The van der Waals surface area contributed by atoms with E-state index in [-0.39, 0.29) is 5.43 Å². The van der Waals surface area contributed by atoms with Crippen LogP contribution in [-0.4, -0.2) is 50.1 Å². The molecule has 0 bridgehead atoms. The molecule has 0 aromatic heterocycles. The van der Waals surface area contributed by atoms with Crippen molar-refractivity contribution >= 4 is 23.8 Å². The molecule has 2 aromatic carbocycles. The van der Waals surface area contributed by atoms with Gasteiger partial charge in [-0.05, 0) is 74.8 Å². The molecule has 0 radical (unpaired) electrons. The molecule has 0 aliphatic heterocycles. The highest BCUT2D eigenvalue weighted by atomic mass is 32.2. The Morgan fingerprint density at radius 1 is 1.03 bits per heavy atom. The monoisotopic (exact) mass is 515 g/mol. The van der Waals surface area contributed by atoms with Gasteiger partial charge in [0, 0.05) is 12.5 Å². The number of hydrogen-bond acceptors (Lipinski definition) is 8. The number of thioether (sulfide) groups is 1. The lowest BCUT2D eigenvalue weighted by Gasteiger charge is -2.31. The smallest absolute Gasteiger partial charge is 0.417 e. The third-order valence-electron chi connectivity index (χ3n) is 5.93. The highest BCUT2D eigenvalue weighted by Crippen LogP contribution is 2.51. The molecule has 2 aromatic rings. The van der Waals surface area contributed by atoms with E-state index in [2.05, 4.69) is 0 Å². The Morgan fingerprint density at radius 2 is 1.69 bits per heavy atom. The van der Waals surface area contributed by atoms with E-state index in [4.69, 9.17) is 18.9 Å². The fraction of sp³-hybridized carbons (Fsp3) is 0.444. The predicted molar refractivity (Wildman–Crippen MR) is 139 cm³/mol. The molecule has 1 atom stereocenters. The molecule has 1 unspecified atom stereocenters. The van der Waals surface area contributed by atoms with E-state index < -0.39 is 23.6 Å². The molecule has 0 saturated carbocycles. The van der Waals surface area contributed by atoms with Gasteiger partial charge in [0.05, 0.1) is 32.3 Å². The van der Waals surface area contributed by atoms with Crippen LogP contribution in [0.5, 0.6) is 17.2 Å². The van der Waals surface area contributed by atoms with Crippen molar-refractivity contribution in [2.75, 3.05) is 27.6 Å². The van der Waals surface area contributed by atoms with Crippen LogP contribution in [0, 0.1) is 0 Å². The number of carbonyl (C=O) groups is 2. The van der Waals surface area contributed by atoms with Crippen LogP contribution < -0.4 is 19.6 Å². The second-order valence-electron chi connectivity index (χ2n) is 9.38. The van der Waals surface area contributed by atoms with Crippen molar-refractivity contribution in [1.82, 2.24) is 4.90 Å². The number of hydrogen-bond donors (Lipinski definition) is 0. The van der Waals surface area contributed by atoms with Crippen LogP contribution in [0.4, 0.5) is 4.79 Å². The summed E-state index contributed by atoms with van der Waals surface area (Å²) < 4.78 is 22.6. The average molecular weight is 516 g/mol. The predicted octanol–water partition coefficient (Wildman–Crippen LogP) is 5.23. The molecule has 2 amide bonds. The van der Waals surface area contributed by atoms with Gasteiger partial charge in [-0.15, -0.1) is 11.8 Å². The maximum atomic E-state index is 13.2. The van der Waals surface area contributed by atoms with E-state index >= 15 is 0 Å². The summed E-state index contributed by atoms with van der Waals surface area (Å²) in [5, 5.41) is 0. The third kappa shape index (κ3) is 5.31. The van der Waals surface area contributed by atoms with Crippen molar-refractivity contribution in [2.45, 2.75) is 57.1 Å². The molecule has 194 valence electrons. The van der Waals surface area contributed by atoms with Crippen molar-refractivity contribution in [2.24, 2.45) is 0 Å². The second-order valence-corrected chi connectivity index (χ2v) is 10.2. The lowest BCUT2D eigenvalue weighted by Crippen LogP contribution is -2.42. The number of rotatable bonds is 5. The van der Waals surface area contributed by atoms with E-state index in [1.165, 1.54) is 39.0 Å². The molecule has 1 aliphatic carbocycles. The molecule has 8 nitrogen and oxygen atoms in total. The summed E-state index contributed by atoms with van der Waals surface area (Å²) in [7, 11) is 4.61. The van der Waals surface area contributed by atoms with Crippen LogP contribution in [-0.2, 0) is 16.0 Å². The Labute approximate surface area is 215 Å². The minimum atomic E-state index is -0.803. The molecule has 0 saturated heterocycles. The van der Waals surface area contributed by atoms with Crippen LogP contribution in [0.15, 0.2) is 34.0 Å². The minimum Gasteiger partial charge on any atom is -0.493 e. The number of methoxy groups -OCH3 is 3. The van der Waals surface area contributed by atoms with Crippen molar-refractivity contribution in [3.63, 3.8) is 0 Å². The minimum absolute atomic E-state index is 0.204. The van der Waals surface area contributed by atoms with Crippen LogP contribution in [0.25, 0.3) is 11.1 Å². The molecule has 0 N–H and O–H groups in total. The van der Waals surface area contributed by atoms with Gasteiger partial charge >= 0.3 is 6.09 Å². The number of imide groups is 1. The topological polar surface area (TPSA) is 91.4 Å². The zero-order chi connectivity index (χ0) is 26.8. The quantitative estimate of drug-likeness (QED) is 0.500. The number of benzene rings is 1. The number of nitrogens with zero attached hydrogens (tertiary/aromatic N) is 1. The number of amides is 2. The summed E-state index contributed by atoms with van der Waals surface area (Å²) in [4.78, 5) is 40.9. The Kier molecular flexibility index (Phi) is 8.23. The second kappa shape index (κ2) is 10.8. The van der Waals surface area contributed by atoms with E-state index in [9.17, 15) is 14.4 Å². The van der Waals surface area contributed by atoms with E-state index in [0.29, 0.717) is 46.1 Å². The molecule has 0 spiro atoms. The highest BCUT2D eigenvalue weighted by molar-refractivity contribution is 7.98. The van der Waals surface area contributed by atoms with Crippen molar-refractivity contribution in [3.8, 4) is 28.4 Å².